The fourth-order valence-corrected chi connectivity index (χ4v) is 3.95. The van der Waals surface area contributed by atoms with Crippen molar-refractivity contribution in [2.24, 2.45) is 0 Å². The number of carbonyl (C=O) groups is 2. The van der Waals surface area contributed by atoms with Crippen LogP contribution in [-0.2, 0) is 22.6 Å². The van der Waals surface area contributed by atoms with Crippen LogP contribution in [0.15, 0.2) is 48.5 Å². The van der Waals surface area contributed by atoms with Gasteiger partial charge in [-0.1, -0.05) is 41.9 Å². The number of aromatic amines is 1. The fraction of sp³-hybridized carbons (Fsp3) is 0.407. The molecule has 0 spiro atoms. The maximum absolute atomic E-state index is 12.4. The molecule has 2 amide bonds. The summed E-state index contributed by atoms with van der Waals surface area (Å²) in [6, 6.07) is 15.6. The van der Waals surface area contributed by atoms with Gasteiger partial charge in [0.1, 0.15) is 5.69 Å². The van der Waals surface area contributed by atoms with Crippen LogP contribution in [0, 0.1) is 0 Å². The predicted octanol–water partition coefficient (Wildman–Crippen LogP) is 4.80. The molecule has 2 aromatic carbocycles. The maximum atomic E-state index is 12.4. The minimum atomic E-state index is -0.416. The number of carbonyl (C=O) groups excluding carboxylic acids is 2. The number of rotatable bonds is 12. The Morgan fingerprint density at radius 1 is 1.09 bits per heavy atom. The average molecular weight is 499 g/mol. The smallest absolute Gasteiger partial charge is 0.267 e. The van der Waals surface area contributed by atoms with Gasteiger partial charge in [-0.25, -0.2) is 5.06 Å². The van der Waals surface area contributed by atoms with Crippen LogP contribution in [0.1, 0.15) is 48.8 Å². The number of fused-ring (bicyclic) bond motifs is 1. The van der Waals surface area contributed by atoms with E-state index in [9.17, 15) is 9.59 Å². The zero-order chi connectivity index (χ0) is 25.4. The van der Waals surface area contributed by atoms with E-state index in [4.69, 9.17) is 16.4 Å². The lowest BCUT2D eigenvalue weighted by Crippen LogP contribution is -2.33. The Hall–Kier alpha value is -2.87. The van der Waals surface area contributed by atoms with Crippen molar-refractivity contribution in [3.63, 3.8) is 0 Å². The standard InChI is InChI=1S/C27H35ClN4O3/c1-27(2,3)35-32(19-33)18-21-9-7-20(8-10-21)6-5-14-31(4)15-13-29-26(34)25-16-22-11-12-23(28)17-24(22)30-25/h7-12,16-17,19,30H,5-6,13-15,18H2,1-4H3,(H,29,34). The zero-order valence-corrected chi connectivity index (χ0v) is 21.7. The molecular weight excluding hydrogens is 464 g/mol. The van der Waals surface area contributed by atoms with Gasteiger partial charge in [0, 0.05) is 29.0 Å². The van der Waals surface area contributed by atoms with Crippen LogP contribution < -0.4 is 5.32 Å². The molecule has 0 saturated heterocycles. The molecule has 7 nitrogen and oxygen atoms in total. The molecule has 0 radical (unpaired) electrons. The van der Waals surface area contributed by atoms with E-state index >= 15 is 0 Å². The number of nitrogens with one attached hydrogen (secondary N) is 2. The predicted molar refractivity (Wildman–Crippen MR) is 140 cm³/mol. The highest BCUT2D eigenvalue weighted by atomic mass is 35.5. The van der Waals surface area contributed by atoms with Crippen molar-refractivity contribution >= 4 is 34.8 Å². The Kier molecular flexibility index (Phi) is 9.32. The van der Waals surface area contributed by atoms with E-state index in [0.717, 1.165) is 42.4 Å². The van der Waals surface area contributed by atoms with E-state index in [1.165, 1.54) is 10.6 Å². The number of aromatic nitrogens is 1. The number of H-pyrrole nitrogens is 1. The third-order valence-corrected chi connectivity index (χ3v) is 5.72. The molecule has 2 N–H and O–H groups in total. The molecule has 3 aromatic rings. The van der Waals surface area contributed by atoms with Crippen molar-refractivity contribution in [3.8, 4) is 0 Å². The molecule has 1 heterocycles. The molecule has 0 aliphatic heterocycles. The van der Waals surface area contributed by atoms with Gasteiger partial charge in [-0.05, 0) is 76.5 Å². The highest BCUT2D eigenvalue weighted by Gasteiger charge is 2.16. The van der Waals surface area contributed by atoms with Gasteiger partial charge < -0.3 is 15.2 Å². The van der Waals surface area contributed by atoms with E-state index in [2.05, 4.69) is 34.4 Å². The summed E-state index contributed by atoms with van der Waals surface area (Å²) in [6.45, 7) is 8.44. The average Bonchev–Trinajstić information content (AvgIpc) is 3.22. The number of nitrogens with zero attached hydrogens (tertiary/aromatic N) is 2. The Morgan fingerprint density at radius 3 is 2.49 bits per heavy atom. The number of hydroxylamine groups is 2. The molecule has 8 heteroatoms. The minimum absolute atomic E-state index is 0.119. The molecule has 0 aliphatic carbocycles. The van der Waals surface area contributed by atoms with Crippen molar-refractivity contribution in [1.29, 1.82) is 0 Å². The molecule has 3 rings (SSSR count). The fourth-order valence-electron chi connectivity index (χ4n) is 3.78. The van der Waals surface area contributed by atoms with E-state index in [1.54, 1.807) is 0 Å². The third kappa shape index (κ3) is 8.69. The second kappa shape index (κ2) is 12.2. The lowest BCUT2D eigenvalue weighted by atomic mass is 10.1. The first kappa shape index (κ1) is 26.7. The summed E-state index contributed by atoms with van der Waals surface area (Å²) in [7, 11) is 2.06. The summed E-state index contributed by atoms with van der Waals surface area (Å²) in [5.41, 5.74) is 3.25. The van der Waals surface area contributed by atoms with Gasteiger partial charge in [-0.3, -0.25) is 14.4 Å². The molecule has 0 atom stereocenters. The molecule has 0 bridgehead atoms. The summed E-state index contributed by atoms with van der Waals surface area (Å²) in [4.78, 5) is 34.7. The van der Waals surface area contributed by atoms with Crippen molar-refractivity contribution in [3.05, 3.63) is 70.4 Å². The maximum Gasteiger partial charge on any atom is 0.267 e. The van der Waals surface area contributed by atoms with Crippen LogP contribution in [0.2, 0.25) is 5.02 Å². The van der Waals surface area contributed by atoms with Gasteiger partial charge in [0.25, 0.3) is 5.91 Å². The largest absolute Gasteiger partial charge is 0.350 e. The van der Waals surface area contributed by atoms with Crippen LogP contribution in [0.25, 0.3) is 10.9 Å². The first-order valence-electron chi connectivity index (χ1n) is 11.9. The highest BCUT2D eigenvalue weighted by Crippen LogP contribution is 2.20. The molecule has 0 unspecified atom stereocenters. The van der Waals surface area contributed by atoms with Crippen LogP contribution in [-0.4, -0.2) is 59.5 Å². The Bertz CT molecular complexity index is 1120. The number of amides is 2. The summed E-state index contributed by atoms with van der Waals surface area (Å²) >= 11 is 6.01. The van der Waals surface area contributed by atoms with Crippen molar-refractivity contribution < 1.29 is 14.4 Å². The van der Waals surface area contributed by atoms with Crippen molar-refractivity contribution in [2.45, 2.75) is 45.8 Å². The first-order chi connectivity index (χ1) is 16.6. The quantitative estimate of drug-likeness (QED) is 0.277. The first-order valence-corrected chi connectivity index (χ1v) is 12.2. The van der Waals surface area contributed by atoms with Crippen LogP contribution in [0.4, 0.5) is 0 Å². The van der Waals surface area contributed by atoms with Gasteiger partial charge >= 0.3 is 0 Å². The lowest BCUT2D eigenvalue weighted by Gasteiger charge is -2.26. The van der Waals surface area contributed by atoms with Crippen molar-refractivity contribution in [2.75, 3.05) is 26.7 Å². The van der Waals surface area contributed by atoms with Gasteiger partial charge in [0.15, 0.2) is 0 Å². The van der Waals surface area contributed by atoms with Crippen LogP contribution >= 0.6 is 11.6 Å². The lowest BCUT2D eigenvalue weighted by molar-refractivity contribution is -0.220. The summed E-state index contributed by atoms with van der Waals surface area (Å²) in [5, 5.41) is 5.90. The molecule has 35 heavy (non-hydrogen) atoms. The number of halogens is 1. The Morgan fingerprint density at radius 2 is 1.80 bits per heavy atom. The summed E-state index contributed by atoms with van der Waals surface area (Å²) in [6.07, 6.45) is 2.69. The zero-order valence-electron chi connectivity index (χ0n) is 20.9. The minimum Gasteiger partial charge on any atom is -0.350 e. The second-order valence-electron chi connectivity index (χ2n) is 9.78. The monoisotopic (exact) mass is 498 g/mol. The van der Waals surface area contributed by atoms with E-state index < -0.39 is 5.60 Å². The molecule has 0 fully saturated rings. The number of hydrogen-bond acceptors (Lipinski definition) is 4. The number of aryl methyl sites for hydroxylation is 1. The topological polar surface area (TPSA) is 77.7 Å². The molecule has 0 saturated carbocycles. The normalized spacial score (nSPS) is 11.7. The molecule has 0 aliphatic rings. The summed E-state index contributed by atoms with van der Waals surface area (Å²) in [5.74, 6) is -0.119. The number of hydrogen-bond donors (Lipinski definition) is 2. The van der Waals surface area contributed by atoms with Crippen LogP contribution in [0.3, 0.4) is 0 Å². The molecule has 188 valence electrons. The highest BCUT2D eigenvalue weighted by molar-refractivity contribution is 6.31. The second-order valence-corrected chi connectivity index (χ2v) is 10.2. The van der Waals surface area contributed by atoms with Crippen LogP contribution in [0.5, 0.6) is 0 Å². The van der Waals surface area contributed by atoms with Gasteiger partial charge in [-0.15, -0.1) is 0 Å². The van der Waals surface area contributed by atoms with Gasteiger partial charge in [0.05, 0.1) is 12.1 Å². The summed E-state index contributed by atoms with van der Waals surface area (Å²) < 4.78 is 0. The SMILES string of the molecule is CN(CCCc1ccc(CN(C=O)OC(C)(C)C)cc1)CCNC(=O)c1cc2ccc(Cl)cc2[nH]1. The molecule has 1 aromatic heterocycles. The Balaban J connectivity index is 1.35. The Labute approximate surface area is 212 Å². The molecular formula is C27H35ClN4O3. The van der Waals surface area contributed by atoms with E-state index in [0.29, 0.717) is 30.2 Å². The van der Waals surface area contributed by atoms with E-state index in [1.807, 2.05) is 57.2 Å². The van der Waals surface area contributed by atoms with E-state index in [-0.39, 0.29) is 5.91 Å². The van der Waals surface area contributed by atoms with Crippen molar-refractivity contribution in [1.82, 2.24) is 20.3 Å². The third-order valence-electron chi connectivity index (χ3n) is 5.48. The van der Waals surface area contributed by atoms with Gasteiger partial charge in [0.2, 0.25) is 6.41 Å². The number of benzene rings is 2. The number of likely N-dealkylation sites (N-methyl/N-ethyl adjacent to an activating group) is 1. The van der Waals surface area contributed by atoms with Gasteiger partial charge in [-0.2, -0.15) is 0 Å².